The summed E-state index contributed by atoms with van der Waals surface area (Å²) in [6, 6.07) is 8.49. The zero-order valence-corrected chi connectivity index (χ0v) is 10.3. The first-order valence-corrected chi connectivity index (χ1v) is 6.78. The Morgan fingerprint density at radius 1 is 1.24 bits per heavy atom. The molecule has 2 nitrogen and oxygen atoms in total. The van der Waals surface area contributed by atoms with Gasteiger partial charge in [0.2, 0.25) is 0 Å². The lowest BCUT2D eigenvalue weighted by Gasteiger charge is -2.15. The van der Waals surface area contributed by atoms with Gasteiger partial charge in [-0.15, -0.1) is 0 Å². The van der Waals surface area contributed by atoms with Gasteiger partial charge >= 0.3 is 0 Å². The van der Waals surface area contributed by atoms with Gasteiger partial charge in [-0.3, -0.25) is 0 Å². The Bertz CT molecular complexity index is 392. The van der Waals surface area contributed by atoms with E-state index in [1.807, 2.05) is 0 Å². The van der Waals surface area contributed by atoms with E-state index in [1.165, 1.54) is 44.1 Å². The number of benzene rings is 1. The van der Waals surface area contributed by atoms with E-state index in [0.717, 1.165) is 12.2 Å². The second-order valence-corrected chi connectivity index (χ2v) is 5.71. The predicted molar refractivity (Wildman–Crippen MR) is 69.2 cm³/mol. The van der Waals surface area contributed by atoms with E-state index in [9.17, 15) is 0 Å². The topological polar surface area (TPSA) is 35.2 Å². The molecular formula is C15H21NO. The lowest BCUT2D eigenvalue weighted by Crippen LogP contribution is -2.24. The van der Waals surface area contributed by atoms with E-state index in [0.29, 0.717) is 6.10 Å². The lowest BCUT2D eigenvalue weighted by molar-refractivity contribution is 0.210. The van der Waals surface area contributed by atoms with Crippen molar-refractivity contribution in [1.82, 2.24) is 0 Å². The molecule has 2 aliphatic rings. The molecule has 2 saturated carbocycles. The number of nitrogens with two attached hydrogens (primary N) is 1. The van der Waals surface area contributed by atoms with Crippen LogP contribution < -0.4 is 10.5 Å². The van der Waals surface area contributed by atoms with E-state index in [-0.39, 0.29) is 5.54 Å². The van der Waals surface area contributed by atoms with Crippen LogP contribution >= 0.6 is 0 Å². The molecule has 0 aromatic heterocycles. The average Bonchev–Trinajstić information content (AvgIpc) is 2.82. The summed E-state index contributed by atoms with van der Waals surface area (Å²) in [5.74, 6) is 1.03. The molecule has 0 atom stereocenters. The Kier molecular flexibility index (Phi) is 2.83. The van der Waals surface area contributed by atoms with Gasteiger partial charge in [0.1, 0.15) is 5.75 Å². The summed E-state index contributed by atoms with van der Waals surface area (Å²) < 4.78 is 6.01. The molecule has 2 N–H and O–H groups in total. The molecule has 0 aliphatic heterocycles. The van der Waals surface area contributed by atoms with Crippen molar-refractivity contribution in [1.29, 1.82) is 0 Å². The Hall–Kier alpha value is -1.02. The van der Waals surface area contributed by atoms with Gasteiger partial charge in [0, 0.05) is 5.54 Å². The van der Waals surface area contributed by atoms with Crippen LogP contribution in [0.4, 0.5) is 0 Å². The van der Waals surface area contributed by atoms with Gasteiger partial charge in [-0.1, -0.05) is 12.1 Å². The van der Waals surface area contributed by atoms with Crippen LogP contribution in [0.5, 0.6) is 5.75 Å². The summed E-state index contributed by atoms with van der Waals surface area (Å²) >= 11 is 0. The zero-order valence-electron chi connectivity index (χ0n) is 10.3. The molecule has 0 unspecified atom stereocenters. The van der Waals surface area contributed by atoms with Crippen molar-refractivity contribution in [2.24, 2.45) is 5.73 Å². The monoisotopic (exact) mass is 231 g/mol. The van der Waals surface area contributed by atoms with Gasteiger partial charge in [0.05, 0.1) is 6.10 Å². The normalized spacial score (nSPS) is 22.6. The van der Waals surface area contributed by atoms with E-state index in [2.05, 4.69) is 24.3 Å². The minimum absolute atomic E-state index is 0.0893. The highest BCUT2D eigenvalue weighted by atomic mass is 16.5. The Morgan fingerprint density at radius 2 is 2.00 bits per heavy atom. The number of ether oxygens (including phenoxy) is 1. The van der Waals surface area contributed by atoms with Crippen molar-refractivity contribution in [3.63, 3.8) is 0 Å². The number of hydrogen-bond acceptors (Lipinski definition) is 2. The second kappa shape index (κ2) is 4.34. The second-order valence-electron chi connectivity index (χ2n) is 5.71. The minimum atomic E-state index is 0.0893. The quantitative estimate of drug-likeness (QED) is 0.864. The van der Waals surface area contributed by atoms with Crippen LogP contribution in [-0.2, 0) is 6.42 Å². The standard InChI is InChI=1S/C15H21NO/c16-15(8-9-15)11-12-4-3-7-14(10-12)17-13-5-1-2-6-13/h3-4,7,10,13H,1-2,5-6,8-9,11,16H2. The summed E-state index contributed by atoms with van der Waals surface area (Å²) in [5, 5.41) is 0. The summed E-state index contributed by atoms with van der Waals surface area (Å²) in [6.07, 6.45) is 8.83. The van der Waals surface area contributed by atoms with E-state index in [1.54, 1.807) is 0 Å². The molecule has 3 rings (SSSR count). The average molecular weight is 231 g/mol. The zero-order chi connectivity index (χ0) is 11.7. The summed E-state index contributed by atoms with van der Waals surface area (Å²) in [7, 11) is 0. The van der Waals surface area contributed by atoms with Crippen LogP contribution in [0, 0.1) is 0 Å². The van der Waals surface area contributed by atoms with Crippen LogP contribution in [-0.4, -0.2) is 11.6 Å². The van der Waals surface area contributed by atoms with E-state index in [4.69, 9.17) is 10.5 Å². The third-order valence-electron chi connectivity index (χ3n) is 3.95. The highest BCUT2D eigenvalue weighted by Crippen LogP contribution is 2.36. The molecule has 1 aromatic rings. The van der Waals surface area contributed by atoms with Crippen LogP contribution in [0.3, 0.4) is 0 Å². The molecule has 0 heterocycles. The highest BCUT2D eigenvalue weighted by molar-refractivity contribution is 5.31. The third-order valence-corrected chi connectivity index (χ3v) is 3.95. The number of hydrogen-bond donors (Lipinski definition) is 1. The van der Waals surface area contributed by atoms with Crippen molar-refractivity contribution in [2.75, 3.05) is 0 Å². The van der Waals surface area contributed by atoms with Crippen LogP contribution in [0.2, 0.25) is 0 Å². The van der Waals surface area contributed by atoms with Crippen LogP contribution in [0.1, 0.15) is 44.1 Å². The molecule has 0 bridgehead atoms. The maximum atomic E-state index is 6.15. The molecule has 0 amide bonds. The Balaban J connectivity index is 1.65. The third kappa shape index (κ3) is 2.81. The summed E-state index contributed by atoms with van der Waals surface area (Å²) in [4.78, 5) is 0. The lowest BCUT2D eigenvalue weighted by atomic mass is 10.0. The van der Waals surface area contributed by atoms with Gasteiger partial charge in [-0.2, -0.15) is 0 Å². The van der Waals surface area contributed by atoms with E-state index >= 15 is 0 Å². The predicted octanol–water partition coefficient (Wildman–Crippen LogP) is 3.04. The van der Waals surface area contributed by atoms with Crippen molar-refractivity contribution < 1.29 is 4.74 Å². The molecule has 2 heteroatoms. The molecule has 2 fully saturated rings. The van der Waals surface area contributed by atoms with Gasteiger partial charge in [-0.25, -0.2) is 0 Å². The molecule has 0 saturated heterocycles. The van der Waals surface area contributed by atoms with Crippen molar-refractivity contribution in [2.45, 2.75) is 56.6 Å². The smallest absolute Gasteiger partial charge is 0.119 e. The fourth-order valence-electron chi connectivity index (χ4n) is 2.67. The first-order valence-electron chi connectivity index (χ1n) is 6.78. The van der Waals surface area contributed by atoms with Crippen molar-refractivity contribution in [3.8, 4) is 5.75 Å². The van der Waals surface area contributed by atoms with Gasteiger partial charge in [0.25, 0.3) is 0 Å². The van der Waals surface area contributed by atoms with Crippen molar-refractivity contribution in [3.05, 3.63) is 29.8 Å². The number of rotatable bonds is 4. The summed E-state index contributed by atoms with van der Waals surface area (Å²) in [6.45, 7) is 0. The Labute approximate surface area is 103 Å². The maximum absolute atomic E-state index is 6.15. The molecular weight excluding hydrogens is 210 g/mol. The maximum Gasteiger partial charge on any atom is 0.119 e. The van der Waals surface area contributed by atoms with Crippen molar-refractivity contribution >= 4 is 0 Å². The Morgan fingerprint density at radius 3 is 2.71 bits per heavy atom. The molecule has 0 radical (unpaired) electrons. The molecule has 92 valence electrons. The van der Waals surface area contributed by atoms with Gasteiger partial charge < -0.3 is 10.5 Å². The SMILES string of the molecule is NC1(Cc2cccc(OC3CCCC3)c2)CC1. The van der Waals surface area contributed by atoms with E-state index < -0.39 is 0 Å². The fraction of sp³-hybridized carbons (Fsp3) is 0.600. The van der Waals surface area contributed by atoms with Crippen LogP contribution in [0.25, 0.3) is 0 Å². The molecule has 2 aliphatic carbocycles. The van der Waals surface area contributed by atoms with Gasteiger partial charge in [-0.05, 0) is 62.6 Å². The van der Waals surface area contributed by atoms with Gasteiger partial charge in [0.15, 0.2) is 0 Å². The van der Waals surface area contributed by atoms with Crippen LogP contribution in [0.15, 0.2) is 24.3 Å². The molecule has 1 aromatic carbocycles. The fourth-order valence-corrected chi connectivity index (χ4v) is 2.67. The molecule has 17 heavy (non-hydrogen) atoms. The molecule has 0 spiro atoms. The first-order chi connectivity index (χ1) is 8.23. The highest BCUT2D eigenvalue weighted by Gasteiger charge is 2.37. The summed E-state index contributed by atoms with van der Waals surface area (Å²) in [5.41, 5.74) is 7.56. The minimum Gasteiger partial charge on any atom is -0.490 e. The largest absolute Gasteiger partial charge is 0.490 e. The first kappa shape index (κ1) is 11.1.